The van der Waals surface area contributed by atoms with Crippen LogP contribution in [0.5, 0.6) is 0 Å². The fraction of sp³-hybridized carbons (Fsp3) is 0.500. The molecule has 0 nitrogen and oxygen atoms in total. The first-order valence-corrected chi connectivity index (χ1v) is 17.1. The molecule has 0 amide bonds. The summed E-state index contributed by atoms with van der Waals surface area (Å²) in [5.41, 5.74) is 0. The van der Waals surface area contributed by atoms with Crippen molar-refractivity contribution >= 4 is 78.7 Å². The second kappa shape index (κ2) is 7.78. The van der Waals surface area contributed by atoms with Gasteiger partial charge in [0, 0.05) is 0 Å². The third-order valence-electron chi connectivity index (χ3n) is 5.42. The first-order chi connectivity index (χ1) is 10.5. The minimum absolute atomic E-state index is 1.30. The molecule has 2 aromatic rings. The van der Waals surface area contributed by atoms with Crippen molar-refractivity contribution in [3.8, 4) is 0 Å². The van der Waals surface area contributed by atoms with Crippen molar-refractivity contribution in [2.24, 2.45) is 0 Å². The number of hydrogen-bond donors (Lipinski definition) is 0. The van der Waals surface area contributed by atoms with Crippen LogP contribution in [0, 0.1) is 0 Å². The minimum atomic E-state index is -1.49. The van der Waals surface area contributed by atoms with E-state index in [1.807, 2.05) is 22.7 Å². The van der Waals surface area contributed by atoms with Gasteiger partial charge < -0.3 is 0 Å². The molecule has 0 aromatic carbocycles. The van der Waals surface area contributed by atoms with Crippen molar-refractivity contribution in [3.05, 3.63) is 31.8 Å². The second-order valence-corrected chi connectivity index (χ2v) is 25.4. The summed E-state index contributed by atoms with van der Waals surface area (Å²) in [7, 11) is -2.98. The standard InChI is InChI=1S/C16H24Br2S2Si2/c1-5-21(6-2,15-11-9-13(17)19-15)22(7-3,8-4)16-12-10-14(18)20-16/h9-12H,5-8H2,1-4H3. The maximum absolute atomic E-state index is 3.71. The molecule has 0 atom stereocenters. The quantitative estimate of drug-likeness (QED) is 0.384. The zero-order valence-corrected chi connectivity index (χ0v) is 20.5. The van der Waals surface area contributed by atoms with Gasteiger partial charge in [-0.25, -0.2) is 0 Å². The molecule has 122 valence electrons. The Morgan fingerprint density at radius 2 is 1.00 bits per heavy atom. The molecule has 0 N–H and O–H groups in total. The molecule has 0 saturated heterocycles. The van der Waals surface area contributed by atoms with Crippen LogP contribution in [-0.2, 0) is 0 Å². The van der Waals surface area contributed by atoms with E-state index < -0.39 is 15.2 Å². The molecular formula is C16H24Br2S2Si2. The first kappa shape index (κ1) is 19.1. The lowest BCUT2D eigenvalue weighted by Gasteiger charge is -2.46. The van der Waals surface area contributed by atoms with Gasteiger partial charge >= 0.3 is 0 Å². The average molecular weight is 496 g/mol. The van der Waals surface area contributed by atoms with Gasteiger partial charge in [-0.15, -0.1) is 22.7 Å². The highest BCUT2D eigenvalue weighted by atomic mass is 79.9. The predicted molar refractivity (Wildman–Crippen MR) is 117 cm³/mol. The summed E-state index contributed by atoms with van der Waals surface area (Å²) in [4.78, 5) is 0. The Morgan fingerprint density at radius 3 is 1.18 bits per heavy atom. The monoisotopic (exact) mass is 494 g/mol. The molecule has 2 aromatic heterocycles. The molecule has 6 heteroatoms. The smallest absolute Gasteiger partial charge is 0.0987 e. The third kappa shape index (κ3) is 3.04. The normalized spacial score (nSPS) is 12.8. The highest BCUT2D eigenvalue weighted by Gasteiger charge is 2.54. The number of rotatable bonds is 7. The molecule has 22 heavy (non-hydrogen) atoms. The van der Waals surface area contributed by atoms with E-state index in [-0.39, 0.29) is 0 Å². The number of thiophene rings is 2. The molecule has 0 fully saturated rings. The molecule has 0 spiro atoms. The number of hydrogen-bond acceptors (Lipinski definition) is 2. The summed E-state index contributed by atoms with van der Waals surface area (Å²) >= 11 is 11.4. The van der Waals surface area contributed by atoms with Crippen molar-refractivity contribution < 1.29 is 0 Å². The van der Waals surface area contributed by atoms with Crippen molar-refractivity contribution in [1.29, 1.82) is 0 Å². The molecule has 0 unspecified atom stereocenters. The van der Waals surface area contributed by atoms with Crippen molar-refractivity contribution in [2.45, 2.75) is 51.9 Å². The van der Waals surface area contributed by atoms with Crippen LogP contribution in [0.1, 0.15) is 27.7 Å². The Hall–Kier alpha value is 0.794. The van der Waals surface area contributed by atoms with Gasteiger partial charge in [0.05, 0.1) is 22.8 Å². The number of halogens is 2. The average Bonchev–Trinajstić information content (AvgIpc) is 3.14. The summed E-state index contributed by atoms with van der Waals surface area (Å²) < 4.78 is 6.04. The minimum Gasteiger partial charge on any atom is -0.138 e. The van der Waals surface area contributed by atoms with Crippen molar-refractivity contribution in [1.82, 2.24) is 0 Å². The van der Waals surface area contributed by atoms with Gasteiger partial charge in [-0.1, -0.05) is 64.0 Å². The second-order valence-electron chi connectivity index (χ2n) is 5.79. The van der Waals surface area contributed by atoms with E-state index in [9.17, 15) is 0 Å². The molecule has 0 aliphatic heterocycles. The van der Waals surface area contributed by atoms with Crippen LogP contribution in [0.15, 0.2) is 31.8 Å². The van der Waals surface area contributed by atoms with E-state index in [0.29, 0.717) is 0 Å². The van der Waals surface area contributed by atoms with E-state index >= 15 is 0 Å². The van der Waals surface area contributed by atoms with Gasteiger partial charge in [0.15, 0.2) is 0 Å². The van der Waals surface area contributed by atoms with E-state index in [1.54, 1.807) is 9.00 Å². The Kier molecular flexibility index (Phi) is 6.77. The first-order valence-electron chi connectivity index (χ1n) is 8.01. The largest absolute Gasteiger partial charge is 0.138 e. The van der Waals surface area contributed by atoms with Crippen molar-refractivity contribution in [3.63, 3.8) is 0 Å². The van der Waals surface area contributed by atoms with Crippen LogP contribution in [0.2, 0.25) is 24.2 Å². The van der Waals surface area contributed by atoms with Gasteiger partial charge in [0.1, 0.15) is 0 Å². The summed E-state index contributed by atoms with van der Waals surface area (Å²) in [5.74, 6) is 0. The highest BCUT2D eigenvalue weighted by Crippen LogP contribution is 2.37. The predicted octanol–water partition coefficient (Wildman–Crippen LogP) is 6.50. The van der Waals surface area contributed by atoms with Crippen molar-refractivity contribution in [2.75, 3.05) is 0 Å². The summed E-state index contributed by atoms with van der Waals surface area (Å²) in [6.07, 6.45) is 0. The van der Waals surface area contributed by atoms with Crippen LogP contribution in [0.25, 0.3) is 0 Å². The maximum atomic E-state index is 3.71. The lowest BCUT2D eigenvalue weighted by Crippen LogP contribution is -2.73. The lowest BCUT2D eigenvalue weighted by atomic mass is 10.7. The van der Waals surface area contributed by atoms with Gasteiger partial charge in [-0.3, -0.25) is 0 Å². The van der Waals surface area contributed by atoms with Crippen LogP contribution in [0.3, 0.4) is 0 Å². The summed E-state index contributed by atoms with van der Waals surface area (Å²) in [6, 6.07) is 14.9. The molecule has 2 heterocycles. The summed E-state index contributed by atoms with van der Waals surface area (Å²) in [6.45, 7) is 9.83. The van der Waals surface area contributed by atoms with Crippen LogP contribution in [0.4, 0.5) is 0 Å². The topological polar surface area (TPSA) is 0 Å². The zero-order valence-electron chi connectivity index (χ0n) is 13.7. The molecular weight excluding hydrogens is 472 g/mol. The lowest BCUT2D eigenvalue weighted by molar-refractivity contribution is 1.25. The SMILES string of the molecule is CC[Si](CC)(c1ccc(Br)s1)[Si](CC)(CC)c1ccc(Br)s1. The molecule has 0 saturated carbocycles. The van der Waals surface area contributed by atoms with Crippen LogP contribution in [-0.4, -0.2) is 15.2 Å². The fourth-order valence-electron chi connectivity index (χ4n) is 4.17. The van der Waals surface area contributed by atoms with Gasteiger partial charge in [0.2, 0.25) is 0 Å². The maximum Gasteiger partial charge on any atom is 0.0987 e. The van der Waals surface area contributed by atoms with E-state index in [2.05, 4.69) is 83.8 Å². The van der Waals surface area contributed by atoms with E-state index in [4.69, 9.17) is 0 Å². The molecule has 0 bridgehead atoms. The Morgan fingerprint density at radius 1 is 0.682 bits per heavy atom. The Bertz CT molecular complexity index is 559. The zero-order chi connectivity index (χ0) is 16.4. The molecule has 2 rings (SSSR count). The van der Waals surface area contributed by atoms with Gasteiger partial charge in [-0.05, 0) is 53.0 Å². The molecule has 0 radical (unpaired) electrons. The molecule has 0 aliphatic carbocycles. The third-order valence-corrected chi connectivity index (χ3v) is 32.6. The van der Waals surface area contributed by atoms with Gasteiger partial charge in [0.25, 0.3) is 0 Å². The summed E-state index contributed by atoms with van der Waals surface area (Å²) in [5, 5.41) is 0. The van der Waals surface area contributed by atoms with E-state index in [1.165, 1.54) is 31.7 Å². The Labute approximate surface area is 161 Å². The fourth-order valence-corrected chi connectivity index (χ4v) is 34.0. The van der Waals surface area contributed by atoms with E-state index in [0.717, 1.165) is 0 Å². The Balaban J connectivity index is 2.69. The highest BCUT2D eigenvalue weighted by molar-refractivity contribution is 9.11. The molecule has 0 aliphatic rings. The van der Waals surface area contributed by atoms with Crippen LogP contribution >= 0.6 is 54.5 Å². The van der Waals surface area contributed by atoms with Crippen LogP contribution < -0.4 is 9.00 Å². The van der Waals surface area contributed by atoms with Gasteiger partial charge in [-0.2, -0.15) is 0 Å².